The number of carbonyl (C=O) groups excluding carboxylic acids is 4. The van der Waals surface area contributed by atoms with Gasteiger partial charge in [0.25, 0.3) is 11.8 Å². The molecule has 4 rings (SSSR count). The molecule has 1 aromatic rings. The van der Waals surface area contributed by atoms with E-state index < -0.39 is 17.9 Å². The Morgan fingerprint density at radius 1 is 1.11 bits per heavy atom. The van der Waals surface area contributed by atoms with Crippen LogP contribution in [0.2, 0.25) is 0 Å². The molecule has 148 valence electrons. The molecule has 0 aromatic heterocycles. The first-order chi connectivity index (χ1) is 13.5. The molecular weight excluding hydrogens is 380 g/mol. The Labute approximate surface area is 167 Å². The van der Waals surface area contributed by atoms with Crippen LogP contribution in [0.3, 0.4) is 0 Å². The van der Waals surface area contributed by atoms with Crippen molar-refractivity contribution in [3.05, 3.63) is 29.3 Å². The van der Waals surface area contributed by atoms with Crippen LogP contribution in [0.4, 0.5) is 5.69 Å². The molecule has 0 bridgehead atoms. The van der Waals surface area contributed by atoms with E-state index in [1.807, 2.05) is 4.90 Å². The lowest BCUT2D eigenvalue weighted by Crippen LogP contribution is -2.48. The lowest BCUT2D eigenvalue weighted by molar-refractivity contribution is -0.142. The van der Waals surface area contributed by atoms with Crippen molar-refractivity contribution in [1.82, 2.24) is 14.7 Å². The fourth-order valence-corrected chi connectivity index (χ4v) is 5.08. The Morgan fingerprint density at radius 2 is 1.82 bits per heavy atom. The van der Waals surface area contributed by atoms with Gasteiger partial charge in [-0.2, -0.15) is 0 Å². The van der Waals surface area contributed by atoms with Crippen LogP contribution in [0, 0.1) is 0 Å². The first kappa shape index (κ1) is 18.8. The molecule has 3 aliphatic rings. The first-order valence-corrected chi connectivity index (χ1v) is 10.5. The number of hydrogen-bond donors (Lipinski definition) is 1. The van der Waals surface area contributed by atoms with Crippen LogP contribution in [0.5, 0.6) is 0 Å². The molecule has 0 radical (unpaired) electrons. The van der Waals surface area contributed by atoms with E-state index in [1.54, 1.807) is 22.7 Å². The maximum atomic E-state index is 12.7. The van der Waals surface area contributed by atoms with Crippen LogP contribution in [0.25, 0.3) is 0 Å². The number of rotatable bonds is 4. The minimum atomic E-state index is -0.447. The van der Waals surface area contributed by atoms with E-state index in [9.17, 15) is 19.2 Å². The Hall–Kier alpha value is -2.55. The summed E-state index contributed by atoms with van der Waals surface area (Å²) in [5.74, 6) is 0.00861. The van der Waals surface area contributed by atoms with Crippen molar-refractivity contribution in [3.63, 3.8) is 0 Å². The van der Waals surface area contributed by atoms with Crippen LogP contribution in [-0.2, 0) is 9.59 Å². The Morgan fingerprint density at radius 3 is 2.57 bits per heavy atom. The molecule has 1 aromatic carbocycles. The normalized spacial score (nSPS) is 21.6. The maximum Gasteiger partial charge on any atom is 0.261 e. The van der Waals surface area contributed by atoms with Gasteiger partial charge in [0.15, 0.2) is 0 Å². The van der Waals surface area contributed by atoms with Gasteiger partial charge in [-0.05, 0) is 31.0 Å². The van der Waals surface area contributed by atoms with Gasteiger partial charge >= 0.3 is 0 Å². The van der Waals surface area contributed by atoms with E-state index in [-0.39, 0.29) is 30.3 Å². The zero-order valence-corrected chi connectivity index (χ0v) is 16.2. The van der Waals surface area contributed by atoms with Gasteiger partial charge in [-0.3, -0.25) is 24.1 Å². The number of likely N-dealkylation sites (tertiary alicyclic amines) is 1. The number of nitrogens with two attached hydrogens (primary N) is 1. The molecule has 2 N–H and O–H groups in total. The van der Waals surface area contributed by atoms with Gasteiger partial charge in [0.2, 0.25) is 11.8 Å². The number of benzene rings is 1. The third kappa shape index (κ3) is 3.23. The highest BCUT2D eigenvalue weighted by Crippen LogP contribution is 2.27. The van der Waals surface area contributed by atoms with Crippen LogP contribution in [-0.4, -0.2) is 75.6 Å². The molecular formula is C19H22N4O4S. The zero-order valence-electron chi connectivity index (χ0n) is 15.4. The summed E-state index contributed by atoms with van der Waals surface area (Å²) in [6.07, 6.45) is 2.01. The molecule has 2 saturated heterocycles. The number of anilines is 1. The average Bonchev–Trinajstić information content (AvgIpc) is 3.42. The predicted molar refractivity (Wildman–Crippen MR) is 105 cm³/mol. The summed E-state index contributed by atoms with van der Waals surface area (Å²) >= 11 is 1.55. The number of thioether (sulfide) groups is 1. The molecule has 1 atom stereocenters. The second-order valence-electron chi connectivity index (χ2n) is 7.23. The van der Waals surface area contributed by atoms with E-state index in [4.69, 9.17) is 5.73 Å². The Balaban J connectivity index is 1.39. The third-order valence-corrected chi connectivity index (χ3v) is 6.46. The molecule has 28 heavy (non-hydrogen) atoms. The van der Waals surface area contributed by atoms with Crippen LogP contribution in [0.15, 0.2) is 18.2 Å². The second kappa shape index (κ2) is 7.46. The molecule has 0 spiro atoms. The smallest absolute Gasteiger partial charge is 0.261 e. The molecule has 3 heterocycles. The number of amides is 4. The van der Waals surface area contributed by atoms with E-state index in [1.165, 1.54) is 12.1 Å². The number of nitrogens with zero attached hydrogens (tertiary/aromatic N) is 3. The number of hydrogen-bond acceptors (Lipinski definition) is 6. The highest BCUT2D eigenvalue weighted by Gasteiger charge is 2.39. The standard InChI is InChI=1S/C19H22N4O4S/c20-12-3-4-13-14(9-12)18(26)22(17(13)25)8-5-16(24)23-11-28-10-15(23)19(27)21-6-1-2-7-21/h3-4,9,15H,1-2,5-8,10-11,20H2. The van der Waals surface area contributed by atoms with Crippen LogP contribution in [0.1, 0.15) is 40.0 Å². The molecule has 8 nitrogen and oxygen atoms in total. The summed E-state index contributed by atoms with van der Waals surface area (Å²) in [4.78, 5) is 54.9. The summed E-state index contributed by atoms with van der Waals surface area (Å²) in [7, 11) is 0. The monoisotopic (exact) mass is 402 g/mol. The molecule has 0 aliphatic carbocycles. The van der Waals surface area contributed by atoms with Crippen molar-refractivity contribution in [2.24, 2.45) is 0 Å². The summed E-state index contributed by atoms with van der Waals surface area (Å²) in [5.41, 5.74) is 6.70. The van der Waals surface area contributed by atoms with Crippen molar-refractivity contribution in [2.45, 2.75) is 25.3 Å². The summed E-state index contributed by atoms with van der Waals surface area (Å²) < 4.78 is 0. The van der Waals surface area contributed by atoms with E-state index in [2.05, 4.69) is 0 Å². The van der Waals surface area contributed by atoms with Crippen LogP contribution < -0.4 is 5.73 Å². The summed E-state index contributed by atoms with van der Waals surface area (Å²) in [5, 5.41) is 0. The van der Waals surface area contributed by atoms with Crippen molar-refractivity contribution >= 4 is 41.1 Å². The van der Waals surface area contributed by atoms with E-state index in [0.29, 0.717) is 22.9 Å². The Kier molecular flexibility index (Phi) is 5.01. The maximum absolute atomic E-state index is 12.7. The molecule has 9 heteroatoms. The first-order valence-electron chi connectivity index (χ1n) is 9.39. The fourth-order valence-electron chi connectivity index (χ4n) is 3.90. The molecule has 3 aliphatic heterocycles. The van der Waals surface area contributed by atoms with Crippen molar-refractivity contribution in [1.29, 1.82) is 0 Å². The van der Waals surface area contributed by atoms with Gasteiger partial charge in [-0.15, -0.1) is 11.8 Å². The quantitative estimate of drug-likeness (QED) is 0.590. The van der Waals surface area contributed by atoms with Crippen LogP contribution >= 0.6 is 11.8 Å². The van der Waals surface area contributed by atoms with Gasteiger partial charge in [0.05, 0.1) is 17.0 Å². The lowest BCUT2D eigenvalue weighted by atomic mass is 10.1. The topological polar surface area (TPSA) is 104 Å². The van der Waals surface area contributed by atoms with Gasteiger partial charge in [0, 0.05) is 37.5 Å². The van der Waals surface area contributed by atoms with Gasteiger partial charge in [-0.1, -0.05) is 0 Å². The lowest BCUT2D eigenvalue weighted by Gasteiger charge is -2.27. The van der Waals surface area contributed by atoms with Gasteiger partial charge in [0.1, 0.15) is 6.04 Å². The van der Waals surface area contributed by atoms with Gasteiger partial charge < -0.3 is 15.5 Å². The highest BCUT2D eigenvalue weighted by molar-refractivity contribution is 7.99. The number of carbonyl (C=O) groups is 4. The predicted octanol–water partition coefficient (Wildman–Crippen LogP) is 0.779. The third-order valence-electron chi connectivity index (χ3n) is 5.45. The van der Waals surface area contributed by atoms with E-state index >= 15 is 0 Å². The molecule has 2 fully saturated rings. The number of imide groups is 1. The molecule has 1 unspecified atom stereocenters. The van der Waals surface area contributed by atoms with Gasteiger partial charge in [-0.25, -0.2) is 0 Å². The Bertz CT molecular complexity index is 852. The SMILES string of the molecule is Nc1ccc2c(c1)C(=O)N(CCC(=O)N1CSCC1C(=O)N1CCCC1)C2=O. The minimum absolute atomic E-state index is 0.00310. The molecule has 0 saturated carbocycles. The number of fused-ring (bicyclic) bond motifs is 1. The summed E-state index contributed by atoms with van der Waals surface area (Å²) in [6, 6.07) is 4.15. The largest absolute Gasteiger partial charge is 0.399 e. The highest BCUT2D eigenvalue weighted by atomic mass is 32.2. The summed E-state index contributed by atoms with van der Waals surface area (Å²) in [6.45, 7) is 1.50. The van der Waals surface area contributed by atoms with Crippen molar-refractivity contribution in [3.8, 4) is 0 Å². The minimum Gasteiger partial charge on any atom is -0.399 e. The van der Waals surface area contributed by atoms with E-state index in [0.717, 1.165) is 30.8 Å². The fraction of sp³-hybridized carbons (Fsp3) is 0.474. The second-order valence-corrected chi connectivity index (χ2v) is 8.23. The molecule has 4 amide bonds. The average molecular weight is 402 g/mol. The van der Waals surface area contributed by atoms with Crippen molar-refractivity contribution < 1.29 is 19.2 Å². The number of nitrogen functional groups attached to an aromatic ring is 1. The zero-order chi connectivity index (χ0) is 19.8. The van der Waals surface area contributed by atoms with Crippen molar-refractivity contribution in [2.75, 3.05) is 37.0 Å².